The van der Waals surface area contributed by atoms with Crippen LogP contribution in [0, 0.1) is 17.1 Å². The lowest BCUT2D eigenvalue weighted by Gasteiger charge is -2.46. The number of aromatic nitrogens is 2. The van der Waals surface area contributed by atoms with Gasteiger partial charge in [0.05, 0.1) is 17.3 Å². The van der Waals surface area contributed by atoms with Crippen LogP contribution in [-0.2, 0) is 7.05 Å². The van der Waals surface area contributed by atoms with Crippen LogP contribution in [-0.4, -0.2) is 51.3 Å². The molecule has 4 rings (SSSR count). The molecule has 166 valence electrons. The van der Waals surface area contributed by atoms with Crippen molar-refractivity contribution in [3.63, 3.8) is 0 Å². The largest absolute Gasteiger partial charge is 0.387 e. The summed E-state index contributed by atoms with van der Waals surface area (Å²) in [5, 5.41) is 20.0. The van der Waals surface area contributed by atoms with Crippen LogP contribution in [0.4, 0.5) is 10.1 Å². The van der Waals surface area contributed by atoms with Gasteiger partial charge in [-0.2, -0.15) is 5.26 Å². The van der Waals surface area contributed by atoms with Crippen LogP contribution in [0.3, 0.4) is 0 Å². The van der Waals surface area contributed by atoms with Crippen LogP contribution in [0.25, 0.3) is 11.0 Å². The number of β-amino-alcohol motifs (C(OH)–C–C–N with tert-alkyl or cyclic N) is 1. The van der Waals surface area contributed by atoms with Crippen molar-refractivity contribution >= 4 is 16.7 Å². The van der Waals surface area contributed by atoms with Crippen molar-refractivity contribution in [1.82, 2.24) is 14.5 Å². The average Bonchev–Trinajstić information content (AvgIpc) is 2.78. The first kappa shape index (κ1) is 21.9. The van der Waals surface area contributed by atoms with Gasteiger partial charge in [-0.05, 0) is 43.7 Å². The molecular weight excluding hydrogens is 409 g/mol. The Balaban J connectivity index is 1.61. The Morgan fingerprint density at radius 1 is 1.19 bits per heavy atom. The Bertz CT molecular complexity index is 1230. The van der Waals surface area contributed by atoms with E-state index in [2.05, 4.69) is 34.7 Å². The molecule has 7 nitrogen and oxygen atoms in total. The lowest BCUT2D eigenvalue weighted by atomic mass is 10.0. The second-order valence-electron chi connectivity index (χ2n) is 8.47. The second-order valence-corrected chi connectivity index (χ2v) is 8.47. The number of pyridine rings is 2. The Morgan fingerprint density at radius 3 is 2.59 bits per heavy atom. The number of nitriles is 1. The van der Waals surface area contributed by atoms with Crippen molar-refractivity contribution in [2.45, 2.75) is 32.0 Å². The van der Waals surface area contributed by atoms with Crippen LogP contribution < -0.4 is 10.5 Å². The fourth-order valence-electron chi connectivity index (χ4n) is 4.39. The molecule has 2 aromatic heterocycles. The molecule has 0 aliphatic carbocycles. The van der Waals surface area contributed by atoms with E-state index in [1.807, 2.05) is 0 Å². The van der Waals surface area contributed by atoms with Gasteiger partial charge in [-0.15, -0.1) is 0 Å². The molecule has 3 atom stereocenters. The number of benzene rings is 1. The third-order valence-corrected chi connectivity index (χ3v) is 6.27. The molecule has 3 heterocycles. The SMILES string of the molecule is C[C@@H]1CN(c2cc(=O)n(C)c3ccc(C#N)nc23)[C@@H](C)CN1CC(O)c1ccc(F)cc1. The monoisotopic (exact) mass is 435 g/mol. The van der Waals surface area contributed by atoms with Crippen molar-refractivity contribution in [3.8, 4) is 6.07 Å². The second kappa shape index (κ2) is 8.69. The Labute approximate surface area is 185 Å². The summed E-state index contributed by atoms with van der Waals surface area (Å²) in [7, 11) is 1.70. The Hall–Kier alpha value is -3.28. The maximum absolute atomic E-state index is 13.2. The van der Waals surface area contributed by atoms with Gasteiger partial charge in [-0.25, -0.2) is 9.37 Å². The molecule has 1 aromatic carbocycles. The smallest absolute Gasteiger partial charge is 0.252 e. The van der Waals surface area contributed by atoms with Gasteiger partial charge < -0.3 is 14.6 Å². The molecular formula is C24H26FN5O2. The summed E-state index contributed by atoms with van der Waals surface area (Å²) in [4.78, 5) is 21.5. The minimum Gasteiger partial charge on any atom is -0.387 e. The van der Waals surface area contributed by atoms with Gasteiger partial charge >= 0.3 is 0 Å². The third kappa shape index (κ3) is 4.09. The number of piperazine rings is 1. The van der Waals surface area contributed by atoms with Crippen molar-refractivity contribution < 1.29 is 9.50 Å². The number of nitrogens with zero attached hydrogens (tertiary/aromatic N) is 5. The molecule has 1 N–H and O–H groups in total. The maximum Gasteiger partial charge on any atom is 0.252 e. The number of hydrogen-bond donors (Lipinski definition) is 1. The first-order chi connectivity index (χ1) is 15.3. The summed E-state index contributed by atoms with van der Waals surface area (Å²) in [6.45, 7) is 5.89. The average molecular weight is 436 g/mol. The number of rotatable bonds is 4. The number of aryl methyl sites for hydroxylation is 1. The van der Waals surface area contributed by atoms with Crippen molar-refractivity contribution in [2.24, 2.45) is 7.05 Å². The topological polar surface area (TPSA) is 85.4 Å². The van der Waals surface area contributed by atoms with Crippen LogP contribution in [0.15, 0.2) is 47.3 Å². The number of anilines is 1. The summed E-state index contributed by atoms with van der Waals surface area (Å²) in [5.74, 6) is -0.328. The number of aliphatic hydroxyl groups is 1. The van der Waals surface area contributed by atoms with Crippen molar-refractivity contribution in [1.29, 1.82) is 5.26 Å². The van der Waals surface area contributed by atoms with Gasteiger partial charge in [0.25, 0.3) is 5.56 Å². The maximum atomic E-state index is 13.2. The van der Waals surface area contributed by atoms with E-state index < -0.39 is 6.10 Å². The minimum absolute atomic E-state index is 0.0504. The highest BCUT2D eigenvalue weighted by molar-refractivity contribution is 5.89. The quantitative estimate of drug-likeness (QED) is 0.678. The van der Waals surface area contributed by atoms with E-state index in [4.69, 9.17) is 0 Å². The Kier molecular flexibility index (Phi) is 5.96. The normalized spacial score (nSPS) is 20.3. The zero-order chi connectivity index (χ0) is 23.0. The van der Waals surface area contributed by atoms with E-state index in [9.17, 15) is 19.6 Å². The van der Waals surface area contributed by atoms with Crippen molar-refractivity contribution in [2.75, 3.05) is 24.5 Å². The van der Waals surface area contributed by atoms with E-state index in [-0.39, 0.29) is 23.5 Å². The Morgan fingerprint density at radius 2 is 1.91 bits per heavy atom. The number of hydrogen-bond acceptors (Lipinski definition) is 6. The molecule has 3 aromatic rings. The van der Waals surface area contributed by atoms with Crippen LogP contribution in [0.5, 0.6) is 0 Å². The van der Waals surface area contributed by atoms with Gasteiger partial charge in [0.1, 0.15) is 23.1 Å². The highest BCUT2D eigenvalue weighted by Crippen LogP contribution is 2.29. The van der Waals surface area contributed by atoms with Gasteiger partial charge in [0, 0.05) is 44.8 Å². The number of aliphatic hydroxyl groups excluding tert-OH is 1. The molecule has 0 saturated carbocycles. The molecule has 1 fully saturated rings. The predicted molar refractivity (Wildman–Crippen MR) is 121 cm³/mol. The van der Waals surface area contributed by atoms with E-state index in [1.165, 1.54) is 16.7 Å². The molecule has 0 bridgehead atoms. The highest BCUT2D eigenvalue weighted by atomic mass is 19.1. The highest BCUT2D eigenvalue weighted by Gasteiger charge is 2.32. The molecule has 0 spiro atoms. The standard InChI is InChI=1S/C24H26FN5O2/c1-15-13-30(16(2)12-29(15)14-22(31)17-4-6-18(25)7-5-17)21-10-23(32)28(3)20-9-8-19(11-26)27-24(20)21/h4-10,15-16,22,31H,12-14H2,1-3H3/t15-,16+,22?/m1/s1. The predicted octanol–water partition coefficient (Wildman–Crippen LogP) is 2.58. The molecule has 0 amide bonds. The minimum atomic E-state index is -0.721. The first-order valence-electron chi connectivity index (χ1n) is 10.6. The zero-order valence-corrected chi connectivity index (χ0v) is 18.4. The van der Waals surface area contributed by atoms with E-state index >= 15 is 0 Å². The lowest BCUT2D eigenvalue weighted by molar-refractivity contribution is 0.0761. The van der Waals surface area contributed by atoms with E-state index in [0.717, 1.165) is 5.69 Å². The van der Waals surface area contributed by atoms with Crippen molar-refractivity contribution in [3.05, 3.63) is 69.9 Å². The lowest BCUT2D eigenvalue weighted by Crippen LogP contribution is -2.57. The summed E-state index contributed by atoms with van der Waals surface area (Å²) < 4.78 is 14.7. The third-order valence-electron chi connectivity index (χ3n) is 6.27. The fraction of sp³-hybridized carbons (Fsp3) is 0.375. The molecule has 1 aliphatic heterocycles. The molecule has 1 saturated heterocycles. The van der Waals surface area contributed by atoms with Gasteiger partial charge in [-0.1, -0.05) is 12.1 Å². The molecule has 1 aliphatic rings. The summed E-state index contributed by atoms with van der Waals surface area (Å²) in [6.07, 6.45) is -0.721. The van der Waals surface area contributed by atoms with Crippen LogP contribution in [0.1, 0.15) is 31.2 Å². The van der Waals surface area contributed by atoms with Gasteiger partial charge in [0.15, 0.2) is 0 Å². The first-order valence-corrected chi connectivity index (χ1v) is 10.6. The summed E-state index contributed by atoms with van der Waals surface area (Å²) >= 11 is 0. The van der Waals surface area contributed by atoms with Gasteiger partial charge in [-0.3, -0.25) is 9.69 Å². The van der Waals surface area contributed by atoms with E-state index in [0.29, 0.717) is 41.9 Å². The summed E-state index contributed by atoms with van der Waals surface area (Å²) in [5.41, 5.74) is 2.88. The molecule has 1 unspecified atom stereocenters. The van der Waals surface area contributed by atoms with Crippen LogP contribution >= 0.6 is 0 Å². The number of halogens is 1. The molecule has 0 radical (unpaired) electrons. The molecule has 32 heavy (non-hydrogen) atoms. The fourth-order valence-corrected chi connectivity index (χ4v) is 4.39. The number of fused-ring (bicyclic) bond motifs is 1. The molecule has 8 heteroatoms. The summed E-state index contributed by atoms with van der Waals surface area (Å²) in [6, 6.07) is 13.1. The zero-order valence-electron chi connectivity index (χ0n) is 18.4. The van der Waals surface area contributed by atoms with E-state index in [1.54, 1.807) is 37.4 Å². The van der Waals surface area contributed by atoms with Crippen LogP contribution in [0.2, 0.25) is 0 Å². The van der Waals surface area contributed by atoms with Gasteiger partial charge in [0.2, 0.25) is 0 Å².